The van der Waals surface area contributed by atoms with Crippen molar-refractivity contribution in [1.29, 1.82) is 0 Å². The third-order valence-electron chi connectivity index (χ3n) is 4.43. The minimum Gasteiger partial charge on any atom is -0.369 e. The Labute approximate surface area is 84.0 Å². The summed E-state index contributed by atoms with van der Waals surface area (Å²) in [6.45, 7) is 3.79. The number of hydrogen-bond donors (Lipinski definition) is 1. The highest BCUT2D eigenvalue weighted by atomic mass is 19.1. The molecule has 2 N–H and O–H groups in total. The maximum absolute atomic E-state index is 14.1. The van der Waals surface area contributed by atoms with E-state index in [9.17, 15) is 9.18 Å². The van der Waals surface area contributed by atoms with E-state index in [1.807, 2.05) is 13.8 Å². The van der Waals surface area contributed by atoms with Crippen molar-refractivity contribution < 1.29 is 9.18 Å². The molecule has 0 spiro atoms. The van der Waals surface area contributed by atoms with Gasteiger partial charge in [0.25, 0.3) is 0 Å². The lowest BCUT2D eigenvalue weighted by molar-refractivity contribution is -0.129. The molecule has 4 atom stereocenters. The minimum atomic E-state index is -0.839. The van der Waals surface area contributed by atoms with Gasteiger partial charge in [-0.25, -0.2) is 4.39 Å². The van der Waals surface area contributed by atoms with E-state index in [0.29, 0.717) is 6.42 Å². The molecule has 2 aliphatic carbocycles. The van der Waals surface area contributed by atoms with Crippen molar-refractivity contribution in [3.05, 3.63) is 0 Å². The van der Waals surface area contributed by atoms with Gasteiger partial charge in [-0.3, -0.25) is 4.79 Å². The summed E-state index contributed by atoms with van der Waals surface area (Å²) in [5, 5.41) is 0. The lowest BCUT2D eigenvalue weighted by atomic mass is 9.74. The highest BCUT2D eigenvalue weighted by Crippen LogP contribution is 2.61. The number of carbonyl (C=O) groups excluding carboxylic acids is 1. The molecule has 0 aliphatic heterocycles. The summed E-state index contributed by atoms with van der Waals surface area (Å²) in [5.74, 6) is -0.463. The summed E-state index contributed by atoms with van der Waals surface area (Å²) in [6, 6.07) is 0. The third kappa shape index (κ3) is 1.04. The van der Waals surface area contributed by atoms with Crippen LogP contribution in [0.15, 0.2) is 0 Å². The molecule has 0 aromatic carbocycles. The molecular weight excluding hydrogens is 181 g/mol. The van der Waals surface area contributed by atoms with Gasteiger partial charge in [-0.2, -0.15) is 0 Å². The van der Waals surface area contributed by atoms with E-state index in [1.165, 1.54) is 0 Å². The first-order valence-corrected chi connectivity index (χ1v) is 5.34. The molecule has 0 aromatic rings. The average Bonchev–Trinajstić information content (AvgIpc) is 2.23. The van der Waals surface area contributed by atoms with E-state index >= 15 is 0 Å². The molecular formula is C11H18FNO. The van der Waals surface area contributed by atoms with Crippen LogP contribution >= 0.6 is 0 Å². The molecule has 80 valence electrons. The molecule has 2 fully saturated rings. The zero-order chi connectivity index (χ0) is 10.6. The van der Waals surface area contributed by atoms with E-state index in [0.717, 1.165) is 19.3 Å². The fourth-order valence-electron chi connectivity index (χ4n) is 3.56. The van der Waals surface area contributed by atoms with Crippen molar-refractivity contribution in [2.75, 3.05) is 0 Å². The molecule has 4 unspecified atom stereocenters. The second-order valence-electron chi connectivity index (χ2n) is 5.51. The molecule has 0 aromatic heterocycles. The Hall–Kier alpha value is -0.600. The van der Waals surface area contributed by atoms with E-state index in [1.54, 1.807) is 0 Å². The Bertz CT molecular complexity index is 280. The zero-order valence-corrected chi connectivity index (χ0v) is 8.85. The number of halogens is 1. The van der Waals surface area contributed by atoms with Crippen molar-refractivity contribution in [2.45, 2.75) is 45.7 Å². The Morgan fingerprint density at radius 1 is 1.50 bits per heavy atom. The van der Waals surface area contributed by atoms with Crippen LogP contribution < -0.4 is 5.73 Å². The number of primary amides is 1. The summed E-state index contributed by atoms with van der Waals surface area (Å²) in [6.07, 6.45) is 2.53. The van der Waals surface area contributed by atoms with Crippen LogP contribution in [0.2, 0.25) is 0 Å². The number of carbonyl (C=O) groups is 1. The number of nitrogens with two attached hydrogens (primary N) is 1. The summed E-state index contributed by atoms with van der Waals surface area (Å²) in [4.78, 5) is 11.4. The SMILES string of the molecule is CC12CCCC(C1F)C(C)(C(N)=O)C2. The molecule has 2 rings (SSSR count). The molecule has 0 radical (unpaired) electrons. The Morgan fingerprint density at radius 2 is 2.14 bits per heavy atom. The maximum atomic E-state index is 14.1. The smallest absolute Gasteiger partial charge is 0.223 e. The fraction of sp³-hybridized carbons (Fsp3) is 0.909. The van der Waals surface area contributed by atoms with Gasteiger partial charge in [-0.15, -0.1) is 0 Å². The van der Waals surface area contributed by atoms with Gasteiger partial charge in [0.1, 0.15) is 6.17 Å². The summed E-state index contributed by atoms with van der Waals surface area (Å²) < 4.78 is 14.1. The first-order valence-electron chi connectivity index (χ1n) is 5.34. The van der Waals surface area contributed by atoms with Gasteiger partial charge >= 0.3 is 0 Å². The first kappa shape index (κ1) is 9.94. The highest BCUT2D eigenvalue weighted by Gasteiger charge is 2.61. The summed E-state index contributed by atoms with van der Waals surface area (Å²) >= 11 is 0. The van der Waals surface area contributed by atoms with Crippen molar-refractivity contribution in [2.24, 2.45) is 22.5 Å². The van der Waals surface area contributed by atoms with Gasteiger partial charge in [0, 0.05) is 11.3 Å². The molecule has 3 heteroatoms. The molecule has 0 heterocycles. The number of rotatable bonds is 1. The molecule has 2 nitrogen and oxygen atoms in total. The molecule has 2 saturated carbocycles. The molecule has 14 heavy (non-hydrogen) atoms. The summed E-state index contributed by atoms with van der Waals surface area (Å²) in [7, 11) is 0. The normalized spacial score (nSPS) is 51.9. The quantitative estimate of drug-likeness (QED) is 0.690. The number of hydrogen-bond acceptors (Lipinski definition) is 1. The molecule has 1 amide bonds. The first-order chi connectivity index (χ1) is 6.40. The second kappa shape index (κ2) is 2.71. The molecule has 2 bridgehead atoms. The van der Waals surface area contributed by atoms with Gasteiger partial charge in [0.15, 0.2) is 0 Å². The van der Waals surface area contributed by atoms with Crippen LogP contribution in [0.4, 0.5) is 4.39 Å². The van der Waals surface area contributed by atoms with Crippen LogP contribution in [0, 0.1) is 16.7 Å². The molecule has 2 aliphatic rings. The summed E-state index contributed by atoms with van der Waals surface area (Å²) in [5.41, 5.74) is 4.50. The topological polar surface area (TPSA) is 43.1 Å². The van der Waals surface area contributed by atoms with Crippen molar-refractivity contribution in [1.82, 2.24) is 0 Å². The van der Waals surface area contributed by atoms with Gasteiger partial charge in [-0.05, 0) is 19.3 Å². The van der Waals surface area contributed by atoms with E-state index < -0.39 is 11.6 Å². The Balaban J connectivity index is 2.38. The van der Waals surface area contributed by atoms with Crippen molar-refractivity contribution in [3.8, 4) is 0 Å². The van der Waals surface area contributed by atoms with Gasteiger partial charge in [0.2, 0.25) is 5.91 Å². The predicted molar refractivity (Wildman–Crippen MR) is 52.3 cm³/mol. The standard InChI is InChI=1S/C11H18FNO/c1-10-5-3-4-7(8(10)12)11(2,6-10)9(13)14/h7-8H,3-6H2,1-2H3,(H2,13,14). The molecule has 0 saturated heterocycles. The van der Waals surface area contributed by atoms with Crippen molar-refractivity contribution >= 4 is 5.91 Å². The van der Waals surface area contributed by atoms with Gasteiger partial charge in [-0.1, -0.05) is 20.3 Å². The van der Waals surface area contributed by atoms with Crippen LogP contribution in [0.3, 0.4) is 0 Å². The van der Waals surface area contributed by atoms with Crippen LogP contribution in [0.25, 0.3) is 0 Å². The predicted octanol–water partition coefficient (Wildman–Crippen LogP) is 2.03. The highest BCUT2D eigenvalue weighted by molar-refractivity contribution is 5.81. The van der Waals surface area contributed by atoms with E-state index in [-0.39, 0.29) is 17.2 Å². The van der Waals surface area contributed by atoms with E-state index in [4.69, 9.17) is 5.73 Å². The largest absolute Gasteiger partial charge is 0.369 e. The monoisotopic (exact) mass is 199 g/mol. The Morgan fingerprint density at radius 3 is 2.64 bits per heavy atom. The second-order valence-corrected chi connectivity index (χ2v) is 5.51. The lowest BCUT2D eigenvalue weighted by Crippen LogP contribution is -2.39. The minimum absolute atomic E-state index is 0.140. The van der Waals surface area contributed by atoms with Gasteiger partial charge < -0.3 is 5.73 Å². The Kier molecular flexibility index (Phi) is 1.92. The van der Waals surface area contributed by atoms with Crippen molar-refractivity contribution in [3.63, 3.8) is 0 Å². The van der Waals surface area contributed by atoms with Gasteiger partial charge in [0.05, 0.1) is 5.41 Å². The van der Waals surface area contributed by atoms with E-state index in [2.05, 4.69) is 0 Å². The lowest BCUT2D eigenvalue weighted by Gasteiger charge is -2.33. The number of fused-ring (bicyclic) bond motifs is 2. The van der Waals surface area contributed by atoms with Crippen LogP contribution in [0.1, 0.15) is 39.5 Å². The van der Waals surface area contributed by atoms with Crippen LogP contribution in [-0.2, 0) is 4.79 Å². The van der Waals surface area contributed by atoms with Crippen LogP contribution in [0.5, 0.6) is 0 Å². The number of amides is 1. The maximum Gasteiger partial charge on any atom is 0.223 e. The fourth-order valence-corrected chi connectivity index (χ4v) is 3.56. The zero-order valence-electron chi connectivity index (χ0n) is 8.85. The number of alkyl halides is 1. The third-order valence-corrected chi connectivity index (χ3v) is 4.43. The average molecular weight is 199 g/mol. The van der Waals surface area contributed by atoms with Crippen LogP contribution in [-0.4, -0.2) is 12.1 Å².